The number of hydrogen-bond donors (Lipinski definition) is 3. The number of carbonyl (C=O) groups is 1. The third-order valence-corrected chi connectivity index (χ3v) is 6.44. The van der Waals surface area contributed by atoms with Crippen LogP contribution in [0.5, 0.6) is 0 Å². The van der Waals surface area contributed by atoms with E-state index in [0.29, 0.717) is 6.42 Å². The summed E-state index contributed by atoms with van der Waals surface area (Å²) in [5.74, 6) is -0.695. The fourth-order valence-electron chi connectivity index (χ4n) is 4.27. The first-order valence-electron chi connectivity index (χ1n) is 11.0. The second-order valence-corrected chi connectivity index (χ2v) is 9.97. The summed E-state index contributed by atoms with van der Waals surface area (Å²) in [5, 5.41) is 22.1. The summed E-state index contributed by atoms with van der Waals surface area (Å²) < 4.78 is 68.0. The van der Waals surface area contributed by atoms with Crippen LogP contribution in [0.15, 0.2) is 37.1 Å². The molecule has 0 aliphatic heterocycles. The van der Waals surface area contributed by atoms with E-state index in [2.05, 4.69) is 24.6 Å². The van der Waals surface area contributed by atoms with E-state index < -0.39 is 40.0 Å². The topological polar surface area (TPSA) is 167 Å². The van der Waals surface area contributed by atoms with Crippen LogP contribution in [0.25, 0.3) is 0 Å². The molecule has 3 heterocycles. The van der Waals surface area contributed by atoms with Gasteiger partial charge in [-0.2, -0.15) is 26.7 Å². The van der Waals surface area contributed by atoms with Crippen molar-refractivity contribution < 1.29 is 35.7 Å². The van der Waals surface area contributed by atoms with Gasteiger partial charge in [-0.1, -0.05) is 0 Å². The summed E-state index contributed by atoms with van der Waals surface area (Å²) in [6.07, 6.45) is 0.840. The molecule has 1 aliphatic carbocycles. The third-order valence-electron chi connectivity index (χ3n) is 5.98. The number of anilines is 1. The molecule has 4 N–H and O–H groups in total. The van der Waals surface area contributed by atoms with Gasteiger partial charge < -0.3 is 15.0 Å². The Morgan fingerprint density at radius 2 is 2.11 bits per heavy atom. The Morgan fingerprint density at radius 1 is 1.35 bits per heavy atom. The van der Waals surface area contributed by atoms with Gasteiger partial charge in [-0.05, 0) is 25.0 Å². The van der Waals surface area contributed by atoms with Gasteiger partial charge in [0.1, 0.15) is 17.8 Å². The van der Waals surface area contributed by atoms with Gasteiger partial charge >= 0.3 is 16.5 Å². The van der Waals surface area contributed by atoms with Gasteiger partial charge in [0.15, 0.2) is 5.78 Å². The number of alkyl halides is 3. The number of rotatable bonds is 9. The molecule has 0 bridgehead atoms. The number of ketones is 1. The van der Waals surface area contributed by atoms with Crippen molar-refractivity contribution in [1.82, 2.24) is 24.3 Å². The number of aromatic nitrogens is 5. The lowest BCUT2D eigenvalue weighted by Crippen LogP contribution is -2.24. The van der Waals surface area contributed by atoms with E-state index in [1.54, 1.807) is 6.20 Å². The molecule has 0 saturated heterocycles. The molecular formula is C21H24F3N7O5S. The highest BCUT2D eigenvalue weighted by molar-refractivity contribution is 7.84. The highest BCUT2D eigenvalue weighted by atomic mass is 32.2. The normalized spacial score (nSPS) is 20.3. The summed E-state index contributed by atoms with van der Waals surface area (Å²) in [6.45, 7) is -0.252. The maximum atomic E-state index is 13.2. The number of carbonyl (C=O) groups excluding carboxylic acids is 1. The van der Waals surface area contributed by atoms with E-state index in [1.807, 2.05) is 0 Å². The van der Waals surface area contributed by atoms with Crippen LogP contribution in [-0.2, 0) is 34.3 Å². The summed E-state index contributed by atoms with van der Waals surface area (Å²) in [7, 11) is -2.93. The molecule has 3 aromatic heterocycles. The SMILES string of the molecule is Cn1nc(Cn2ccc(C(=O)c3cncnc3N[C@@H]3C[C@H](COS(N)(=O)=O)[C@@H](O)C3)c2)cc1C(F)(F)F. The fraction of sp³-hybridized carbons (Fsp3) is 0.429. The van der Waals surface area contributed by atoms with Crippen molar-refractivity contribution >= 4 is 21.9 Å². The van der Waals surface area contributed by atoms with Crippen LogP contribution in [0, 0.1) is 5.92 Å². The Balaban J connectivity index is 1.45. The molecule has 1 fully saturated rings. The number of aryl methyl sites for hydroxylation is 1. The monoisotopic (exact) mass is 543 g/mol. The lowest BCUT2D eigenvalue weighted by Gasteiger charge is -2.15. The zero-order chi connectivity index (χ0) is 27.0. The van der Waals surface area contributed by atoms with Gasteiger partial charge in [-0.3, -0.25) is 13.7 Å². The standard InChI is InChI=1S/C21H24F3N7O5S/c1-30-18(21(22,23)24)6-15(29-30)9-31-3-2-12(8-31)19(33)16-7-26-11-27-20(16)28-14-4-13(17(32)5-14)10-36-37(25,34)35/h2-3,6-8,11,13-14,17,32H,4-5,9-10H2,1H3,(H2,25,34,35)(H,26,27,28)/t13-,14-,17+/m1/s1. The van der Waals surface area contributed by atoms with Crippen LogP contribution < -0.4 is 10.5 Å². The third kappa shape index (κ3) is 6.51. The average Bonchev–Trinajstić information content (AvgIpc) is 3.50. The van der Waals surface area contributed by atoms with Gasteiger partial charge in [-0.15, -0.1) is 0 Å². The van der Waals surface area contributed by atoms with Crippen molar-refractivity contribution in [3.05, 3.63) is 59.6 Å². The number of aliphatic hydroxyl groups excluding tert-OH is 1. The van der Waals surface area contributed by atoms with E-state index in [1.165, 1.54) is 36.4 Å². The second-order valence-electron chi connectivity index (χ2n) is 8.75. The number of aliphatic hydroxyl groups is 1. The second kappa shape index (κ2) is 10.2. The maximum Gasteiger partial charge on any atom is 0.433 e. The molecule has 16 heteroatoms. The predicted octanol–water partition coefficient (Wildman–Crippen LogP) is 1.08. The quantitative estimate of drug-likeness (QED) is 0.335. The predicted molar refractivity (Wildman–Crippen MR) is 122 cm³/mol. The Morgan fingerprint density at radius 3 is 2.78 bits per heavy atom. The van der Waals surface area contributed by atoms with Crippen LogP contribution >= 0.6 is 0 Å². The lowest BCUT2D eigenvalue weighted by molar-refractivity contribution is -0.143. The van der Waals surface area contributed by atoms with Crippen molar-refractivity contribution in [3.63, 3.8) is 0 Å². The van der Waals surface area contributed by atoms with Gasteiger partial charge in [-0.25, -0.2) is 15.1 Å². The minimum absolute atomic E-state index is 0.0234. The van der Waals surface area contributed by atoms with E-state index in [0.717, 1.165) is 10.7 Å². The molecule has 0 amide bonds. The smallest absolute Gasteiger partial charge is 0.393 e. The molecular weight excluding hydrogens is 519 g/mol. The molecule has 3 aromatic rings. The van der Waals surface area contributed by atoms with Crippen LogP contribution in [0.3, 0.4) is 0 Å². The highest BCUT2D eigenvalue weighted by Gasteiger charge is 2.36. The van der Waals surface area contributed by atoms with Crippen molar-refractivity contribution in [2.75, 3.05) is 11.9 Å². The summed E-state index contributed by atoms with van der Waals surface area (Å²) in [6, 6.07) is 2.14. The zero-order valence-electron chi connectivity index (χ0n) is 19.5. The van der Waals surface area contributed by atoms with E-state index in [-0.39, 0.29) is 48.3 Å². The lowest BCUT2D eigenvalue weighted by atomic mass is 10.1. The number of nitrogens with one attached hydrogen (secondary N) is 1. The van der Waals surface area contributed by atoms with Crippen molar-refractivity contribution in [1.29, 1.82) is 0 Å². The molecule has 1 aliphatic rings. The van der Waals surface area contributed by atoms with Gasteiger partial charge in [0.05, 0.1) is 30.5 Å². The fourth-order valence-corrected chi connectivity index (χ4v) is 4.64. The Labute approximate surface area is 209 Å². The first-order valence-corrected chi connectivity index (χ1v) is 12.5. The molecule has 0 unspecified atom stereocenters. The molecule has 37 heavy (non-hydrogen) atoms. The Hall–Kier alpha value is -3.34. The average molecular weight is 544 g/mol. The molecule has 0 spiro atoms. The van der Waals surface area contributed by atoms with Gasteiger partial charge in [0.2, 0.25) is 0 Å². The molecule has 12 nitrogen and oxygen atoms in total. The summed E-state index contributed by atoms with van der Waals surface area (Å²) in [5.41, 5.74) is -0.291. The largest absolute Gasteiger partial charge is 0.433 e. The highest BCUT2D eigenvalue weighted by Crippen LogP contribution is 2.31. The number of nitrogens with zero attached hydrogens (tertiary/aromatic N) is 5. The van der Waals surface area contributed by atoms with Crippen LogP contribution in [0.1, 0.15) is 40.2 Å². The summed E-state index contributed by atoms with van der Waals surface area (Å²) >= 11 is 0. The van der Waals surface area contributed by atoms with Crippen LogP contribution in [-0.4, -0.2) is 62.4 Å². The zero-order valence-corrected chi connectivity index (χ0v) is 20.3. The number of halogens is 3. The van der Waals surface area contributed by atoms with E-state index in [4.69, 9.17) is 5.14 Å². The first-order chi connectivity index (χ1) is 17.3. The van der Waals surface area contributed by atoms with Crippen molar-refractivity contribution in [3.8, 4) is 0 Å². The molecule has 1 saturated carbocycles. The molecule has 0 radical (unpaired) electrons. The summed E-state index contributed by atoms with van der Waals surface area (Å²) in [4.78, 5) is 21.2. The Kier molecular flexibility index (Phi) is 7.36. The van der Waals surface area contributed by atoms with Gasteiger partial charge in [0.25, 0.3) is 0 Å². The van der Waals surface area contributed by atoms with Gasteiger partial charge in [0, 0.05) is 43.2 Å². The molecule has 200 valence electrons. The molecule has 0 aromatic carbocycles. The molecule has 3 atom stereocenters. The Bertz CT molecular complexity index is 1390. The maximum absolute atomic E-state index is 13.2. The molecule has 4 rings (SSSR count). The van der Waals surface area contributed by atoms with E-state index in [9.17, 15) is 31.5 Å². The minimum Gasteiger partial charge on any atom is -0.393 e. The van der Waals surface area contributed by atoms with Crippen molar-refractivity contribution in [2.45, 2.75) is 37.7 Å². The first kappa shape index (κ1) is 26.7. The van der Waals surface area contributed by atoms with E-state index >= 15 is 0 Å². The van der Waals surface area contributed by atoms with Crippen LogP contribution in [0.4, 0.5) is 19.0 Å². The number of nitrogens with two attached hydrogens (primary N) is 1. The minimum atomic E-state index is -4.53. The number of hydrogen-bond acceptors (Lipinski definition) is 9. The van der Waals surface area contributed by atoms with Crippen LogP contribution in [0.2, 0.25) is 0 Å². The van der Waals surface area contributed by atoms with Crippen molar-refractivity contribution in [2.24, 2.45) is 18.1 Å².